The largest absolute Gasteiger partial charge is 0.336 e. The van der Waals surface area contributed by atoms with Crippen LogP contribution in [0.4, 0.5) is 0 Å². The Bertz CT molecular complexity index is 1170. The maximum Gasteiger partial charge on any atom is 0.255 e. The van der Waals surface area contributed by atoms with Crippen LogP contribution in [0.1, 0.15) is 15.2 Å². The molecule has 0 unspecified atom stereocenters. The average molecular weight is 454 g/mol. The summed E-state index contributed by atoms with van der Waals surface area (Å²) < 4.78 is 0. The number of H-pyrrole nitrogens is 1. The van der Waals surface area contributed by atoms with Gasteiger partial charge in [0.2, 0.25) is 11.5 Å². The van der Waals surface area contributed by atoms with Crippen LogP contribution in [0.15, 0.2) is 65.6 Å². The van der Waals surface area contributed by atoms with Gasteiger partial charge in [0.1, 0.15) is 0 Å². The molecule has 0 saturated carbocycles. The number of hydrogen-bond donors (Lipinski definition) is 1. The topological polar surface area (TPSA) is 73.5 Å². The molecule has 6 nitrogen and oxygen atoms in total. The molecule has 1 aromatic carbocycles. The number of nitrogens with one attached hydrogen (secondary N) is 1. The van der Waals surface area contributed by atoms with E-state index < -0.39 is 0 Å². The Morgan fingerprint density at radius 2 is 1.77 bits per heavy atom. The zero-order valence-electron chi connectivity index (χ0n) is 16.6. The van der Waals surface area contributed by atoms with E-state index in [9.17, 15) is 14.4 Å². The summed E-state index contributed by atoms with van der Waals surface area (Å²) in [6.45, 7) is 1.85. The van der Waals surface area contributed by atoms with Crippen LogP contribution in [0.5, 0.6) is 0 Å². The monoisotopic (exact) mass is 453 g/mol. The highest BCUT2D eigenvalue weighted by atomic mass is 35.5. The Morgan fingerprint density at radius 1 is 1.00 bits per heavy atom. The number of aromatic amines is 1. The number of amides is 2. The predicted molar refractivity (Wildman–Crippen MR) is 123 cm³/mol. The molecule has 2 aromatic heterocycles. The van der Waals surface area contributed by atoms with Gasteiger partial charge in [-0.3, -0.25) is 14.4 Å². The minimum absolute atomic E-state index is 0.0751. The Morgan fingerprint density at radius 3 is 2.48 bits per heavy atom. The molecule has 158 valence electrons. The fourth-order valence-electron chi connectivity index (χ4n) is 3.35. The summed E-state index contributed by atoms with van der Waals surface area (Å²) in [5, 5.41) is 0.691. The third-order valence-corrected chi connectivity index (χ3v) is 6.37. The van der Waals surface area contributed by atoms with E-state index in [4.69, 9.17) is 11.6 Å². The van der Waals surface area contributed by atoms with E-state index in [2.05, 4.69) is 4.98 Å². The number of hydrogen-bond acceptors (Lipinski definition) is 4. The molecule has 0 atom stereocenters. The molecule has 31 heavy (non-hydrogen) atoms. The number of thiophene rings is 1. The van der Waals surface area contributed by atoms with Gasteiger partial charge in [0.05, 0.1) is 5.56 Å². The zero-order chi connectivity index (χ0) is 21.8. The first-order valence-corrected chi connectivity index (χ1v) is 11.0. The Hall–Kier alpha value is -3.16. The van der Waals surface area contributed by atoms with Crippen molar-refractivity contribution in [1.82, 2.24) is 14.8 Å². The predicted octanol–water partition coefficient (Wildman–Crippen LogP) is 3.75. The molecule has 1 fully saturated rings. The first kappa shape index (κ1) is 21.1. The number of carbonyl (C=O) groups excluding carboxylic acids is 2. The smallest absolute Gasteiger partial charge is 0.255 e. The van der Waals surface area contributed by atoms with Crippen molar-refractivity contribution in [1.29, 1.82) is 0 Å². The highest BCUT2D eigenvalue weighted by Gasteiger charge is 2.24. The Kier molecular flexibility index (Phi) is 6.34. The van der Waals surface area contributed by atoms with Gasteiger partial charge in [-0.2, -0.15) is 0 Å². The average Bonchev–Trinajstić information content (AvgIpc) is 3.27. The molecule has 0 aliphatic carbocycles. The molecule has 1 aliphatic rings. The van der Waals surface area contributed by atoms with Crippen molar-refractivity contribution in [3.63, 3.8) is 0 Å². The highest BCUT2D eigenvalue weighted by molar-refractivity contribution is 7.16. The van der Waals surface area contributed by atoms with Crippen molar-refractivity contribution >= 4 is 40.8 Å². The first-order chi connectivity index (χ1) is 15.0. The lowest BCUT2D eigenvalue weighted by molar-refractivity contribution is -0.127. The van der Waals surface area contributed by atoms with E-state index in [-0.39, 0.29) is 17.4 Å². The van der Waals surface area contributed by atoms with E-state index in [1.165, 1.54) is 18.3 Å². The Labute approximate surface area is 188 Å². The van der Waals surface area contributed by atoms with Crippen LogP contribution in [-0.2, 0) is 4.79 Å². The van der Waals surface area contributed by atoms with Gasteiger partial charge in [0.25, 0.3) is 5.91 Å². The molecule has 1 aliphatic heterocycles. The molecule has 0 spiro atoms. The number of piperazine rings is 1. The highest BCUT2D eigenvalue weighted by Crippen LogP contribution is 2.30. The van der Waals surface area contributed by atoms with Crippen LogP contribution in [-0.4, -0.2) is 52.8 Å². The third-order valence-electron chi connectivity index (χ3n) is 5.04. The number of benzene rings is 1. The lowest BCUT2D eigenvalue weighted by atomic mass is 10.2. The molecule has 2 amide bonds. The van der Waals surface area contributed by atoms with E-state index in [1.807, 2.05) is 42.5 Å². The van der Waals surface area contributed by atoms with Crippen molar-refractivity contribution in [2.45, 2.75) is 0 Å². The SMILES string of the molecule is O=C(C=Cc1ccc(-c2cccc(Cl)c2)s1)N1CCN(C(=O)c2ccc(=O)[nH]c2)CC1. The summed E-state index contributed by atoms with van der Waals surface area (Å²) >= 11 is 7.65. The third kappa shape index (κ3) is 5.13. The molecular weight excluding hydrogens is 434 g/mol. The van der Waals surface area contributed by atoms with Crippen molar-refractivity contribution in [3.05, 3.63) is 86.6 Å². The van der Waals surface area contributed by atoms with Gasteiger partial charge < -0.3 is 14.8 Å². The van der Waals surface area contributed by atoms with E-state index in [0.717, 1.165) is 15.3 Å². The van der Waals surface area contributed by atoms with E-state index >= 15 is 0 Å². The van der Waals surface area contributed by atoms with Crippen LogP contribution in [0.25, 0.3) is 16.5 Å². The van der Waals surface area contributed by atoms with Gasteiger partial charge in [-0.1, -0.05) is 23.7 Å². The lowest BCUT2D eigenvalue weighted by Gasteiger charge is -2.34. The summed E-state index contributed by atoms with van der Waals surface area (Å²) in [6.07, 6.45) is 4.81. The molecule has 8 heteroatoms. The van der Waals surface area contributed by atoms with Gasteiger partial charge in [-0.25, -0.2) is 0 Å². The summed E-state index contributed by atoms with van der Waals surface area (Å²) in [5.74, 6) is -0.222. The normalized spacial score (nSPS) is 14.2. The fourth-order valence-corrected chi connectivity index (χ4v) is 4.45. The Balaban J connectivity index is 1.33. The number of aromatic nitrogens is 1. The maximum atomic E-state index is 12.6. The quantitative estimate of drug-likeness (QED) is 0.611. The fraction of sp³-hybridized carbons (Fsp3) is 0.174. The minimum Gasteiger partial charge on any atom is -0.336 e. The number of nitrogens with zero attached hydrogens (tertiary/aromatic N) is 2. The molecule has 3 heterocycles. The van der Waals surface area contributed by atoms with Crippen molar-refractivity contribution < 1.29 is 9.59 Å². The van der Waals surface area contributed by atoms with Crippen LogP contribution in [0.2, 0.25) is 5.02 Å². The van der Waals surface area contributed by atoms with Gasteiger partial charge in [0.15, 0.2) is 0 Å². The molecule has 0 bridgehead atoms. The standard InChI is InChI=1S/C23H20ClN3O3S/c24-18-3-1-2-16(14-18)20-7-5-19(31-20)6-9-22(29)26-10-12-27(13-11-26)23(30)17-4-8-21(28)25-15-17/h1-9,14-15H,10-13H2,(H,25,28). The number of carbonyl (C=O) groups is 2. The summed E-state index contributed by atoms with van der Waals surface area (Å²) in [6, 6.07) is 14.5. The molecule has 1 saturated heterocycles. The minimum atomic E-state index is -0.246. The lowest BCUT2D eigenvalue weighted by Crippen LogP contribution is -2.50. The van der Waals surface area contributed by atoms with Gasteiger partial charge >= 0.3 is 0 Å². The van der Waals surface area contributed by atoms with Crippen LogP contribution < -0.4 is 5.56 Å². The molecular formula is C23H20ClN3O3S. The number of rotatable bonds is 4. The van der Waals surface area contributed by atoms with Gasteiger partial charge in [0, 0.05) is 59.3 Å². The van der Waals surface area contributed by atoms with Gasteiger partial charge in [-0.05, 0) is 42.0 Å². The summed E-state index contributed by atoms with van der Waals surface area (Å²) in [4.78, 5) is 44.2. The van der Waals surface area contributed by atoms with Crippen molar-refractivity contribution in [3.8, 4) is 10.4 Å². The van der Waals surface area contributed by atoms with E-state index in [1.54, 1.807) is 27.2 Å². The second kappa shape index (κ2) is 9.32. The van der Waals surface area contributed by atoms with Crippen LogP contribution >= 0.6 is 22.9 Å². The maximum absolute atomic E-state index is 12.6. The van der Waals surface area contributed by atoms with Crippen molar-refractivity contribution in [2.75, 3.05) is 26.2 Å². The zero-order valence-corrected chi connectivity index (χ0v) is 18.2. The molecule has 3 aromatic rings. The van der Waals surface area contributed by atoms with Gasteiger partial charge in [-0.15, -0.1) is 11.3 Å². The number of halogens is 1. The van der Waals surface area contributed by atoms with E-state index in [0.29, 0.717) is 36.8 Å². The summed E-state index contributed by atoms with van der Waals surface area (Å²) in [5.41, 5.74) is 1.24. The molecule has 4 rings (SSSR count). The second-order valence-electron chi connectivity index (χ2n) is 7.10. The van der Waals surface area contributed by atoms with Crippen molar-refractivity contribution in [2.24, 2.45) is 0 Å². The van der Waals surface area contributed by atoms with Crippen LogP contribution in [0.3, 0.4) is 0 Å². The molecule has 1 N–H and O–H groups in total. The summed E-state index contributed by atoms with van der Waals surface area (Å²) in [7, 11) is 0. The van der Waals surface area contributed by atoms with Crippen LogP contribution in [0, 0.1) is 0 Å². The molecule has 0 radical (unpaired) electrons. The number of pyridine rings is 1. The second-order valence-corrected chi connectivity index (χ2v) is 8.66. The first-order valence-electron chi connectivity index (χ1n) is 9.80.